The first-order valence-electron chi connectivity index (χ1n) is 7.85. The van der Waals surface area contributed by atoms with Gasteiger partial charge in [-0.15, -0.1) is 0 Å². The fourth-order valence-electron chi connectivity index (χ4n) is 2.17. The van der Waals surface area contributed by atoms with Gasteiger partial charge in [0.15, 0.2) is 5.82 Å². The lowest BCUT2D eigenvalue weighted by Crippen LogP contribution is -2.10. The molecule has 0 fully saturated rings. The molecule has 0 atom stereocenters. The molecule has 3 aromatic heterocycles. The normalized spacial score (nSPS) is 12.0. The second kappa shape index (κ2) is 7.48. The number of pyridine rings is 2. The van der Waals surface area contributed by atoms with Crippen molar-refractivity contribution in [3.05, 3.63) is 47.9 Å². The molecule has 0 aliphatic rings. The Kier molecular flexibility index (Phi) is 5.22. The van der Waals surface area contributed by atoms with Crippen molar-refractivity contribution in [3.63, 3.8) is 0 Å². The highest BCUT2D eigenvalue weighted by atomic mass is 19.4. The van der Waals surface area contributed by atoms with Crippen LogP contribution in [0.1, 0.15) is 11.4 Å². The molecule has 0 aliphatic heterocycles. The van der Waals surface area contributed by atoms with Gasteiger partial charge >= 0.3 is 12.4 Å². The smallest absolute Gasteiger partial charge is 0.357 e. The van der Waals surface area contributed by atoms with Crippen molar-refractivity contribution in [1.82, 2.24) is 24.9 Å². The lowest BCUT2D eigenvalue weighted by molar-refractivity contribution is -0.141. The Morgan fingerprint density at radius 2 is 1.48 bits per heavy atom. The van der Waals surface area contributed by atoms with Crippen molar-refractivity contribution in [1.29, 1.82) is 0 Å². The molecule has 0 aliphatic carbocycles. The summed E-state index contributed by atoms with van der Waals surface area (Å²) in [6.45, 7) is 0. The van der Waals surface area contributed by atoms with Crippen LogP contribution < -0.4 is 10.6 Å². The first-order valence-corrected chi connectivity index (χ1v) is 7.85. The van der Waals surface area contributed by atoms with Crippen LogP contribution in [0.25, 0.3) is 11.5 Å². The maximum absolute atomic E-state index is 12.9. The van der Waals surface area contributed by atoms with E-state index in [-0.39, 0.29) is 29.1 Å². The summed E-state index contributed by atoms with van der Waals surface area (Å²) in [4.78, 5) is 18.6. The third-order valence-electron chi connectivity index (χ3n) is 3.43. The van der Waals surface area contributed by atoms with Gasteiger partial charge in [-0.05, 0) is 24.3 Å². The van der Waals surface area contributed by atoms with E-state index in [1.807, 2.05) is 0 Å². The molecule has 0 bridgehead atoms. The van der Waals surface area contributed by atoms with Crippen LogP contribution in [0.3, 0.4) is 0 Å². The molecule has 0 amide bonds. The van der Waals surface area contributed by atoms with Gasteiger partial charge in [0, 0.05) is 18.9 Å². The van der Waals surface area contributed by atoms with Crippen molar-refractivity contribution >= 4 is 17.6 Å². The number of rotatable bonds is 4. The standard InChI is InChI=1S/C16H11F6N7/c1-23-13-27-12(9-3-2-4-10(26-9)15(17,18)19)28-14(29-13)25-8-5-6-24-11(7-8)16(20,21)22/h2-7H,1H3,(H2,23,24,25,27,28,29). The summed E-state index contributed by atoms with van der Waals surface area (Å²) >= 11 is 0. The van der Waals surface area contributed by atoms with Crippen LogP contribution in [0.4, 0.5) is 43.9 Å². The summed E-state index contributed by atoms with van der Waals surface area (Å²) in [6.07, 6.45) is -8.37. The zero-order valence-corrected chi connectivity index (χ0v) is 14.5. The summed E-state index contributed by atoms with van der Waals surface area (Å²) in [6, 6.07) is 5.19. The third kappa shape index (κ3) is 4.86. The summed E-state index contributed by atoms with van der Waals surface area (Å²) in [5, 5.41) is 5.15. The van der Waals surface area contributed by atoms with Crippen LogP contribution in [-0.4, -0.2) is 32.0 Å². The van der Waals surface area contributed by atoms with Gasteiger partial charge in [0.1, 0.15) is 17.1 Å². The fourth-order valence-corrected chi connectivity index (χ4v) is 2.17. The van der Waals surface area contributed by atoms with E-state index in [1.54, 1.807) is 0 Å². The second-order valence-electron chi connectivity index (χ2n) is 5.51. The number of alkyl halides is 6. The SMILES string of the molecule is CNc1nc(Nc2ccnc(C(F)(F)F)c2)nc(-c2cccc(C(F)(F)F)n2)n1. The Hall–Kier alpha value is -3.51. The van der Waals surface area contributed by atoms with E-state index in [9.17, 15) is 26.3 Å². The molecule has 3 rings (SSSR count). The molecular weight excluding hydrogens is 404 g/mol. The van der Waals surface area contributed by atoms with E-state index in [4.69, 9.17) is 0 Å². The summed E-state index contributed by atoms with van der Waals surface area (Å²) in [5.41, 5.74) is -2.49. The van der Waals surface area contributed by atoms with Gasteiger partial charge < -0.3 is 10.6 Å². The average molecular weight is 415 g/mol. The Morgan fingerprint density at radius 1 is 0.793 bits per heavy atom. The average Bonchev–Trinajstić information content (AvgIpc) is 2.66. The zero-order chi connectivity index (χ0) is 21.2. The number of hydrogen-bond donors (Lipinski definition) is 2. The molecule has 2 N–H and O–H groups in total. The van der Waals surface area contributed by atoms with Gasteiger partial charge in [-0.25, -0.2) is 4.98 Å². The molecule has 0 saturated heterocycles. The molecule has 13 heteroatoms. The van der Waals surface area contributed by atoms with E-state index in [2.05, 4.69) is 35.6 Å². The molecule has 0 unspecified atom stereocenters. The summed E-state index contributed by atoms with van der Waals surface area (Å²) in [5.74, 6) is -0.428. The predicted molar refractivity (Wildman–Crippen MR) is 90.1 cm³/mol. The monoisotopic (exact) mass is 415 g/mol. The zero-order valence-electron chi connectivity index (χ0n) is 14.5. The summed E-state index contributed by atoms with van der Waals surface area (Å²) in [7, 11) is 1.46. The highest BCUT2D eigenvalue weighted by Gasteiger charge is 2.33. The van der Waals surface area contributed by atoms with E-state index < -0.39 is 23.7 Å². The maximum atomic E-state index is 12.9. The third-order valence-corrected chi connectivity index (χ3v) is 3.43. The van der Waals surface area contributed by atoms with Gasteiger partial charge in [0.05, 0.1) is 0 Å². The molecule has 0 radical (unpaired) electrons. The van der Waals surface area contributed by atoms with Crippen LogP contribution in [0, 0.1) is 0 Å². The summed E-state index contributed by atoms with van der Waals surface area (Å²) < 4.78 is 77.1. The molecule has 0 spiro atoms. The van der Waals surface area contributed by atoms with E-state index in [1.165, 1.54) is 19.2 Å². The lowest BCUT2D eigenvalue weighted by Gasteiger charge is -2.11. The first-order chi connectivity index (χ1) is 13.6. The minimum Gasteiger partial charge on any atom is -0.357 e. The number of halogens is 6. The van der Waals surface area contributed by atoms with Crippen molar-refractivity contribution in [2.24, 2.45) is 0 Å². The maximum Gasteiger partial charge on any atom is 0.433 e. The van der Waals surface area contributed by atoms with Crippen molar-refractivity contribution in [2.45, 2.75) is 12.4 Å². The minimum absolute atomic E-state index is 0.0245. The largest absolute Gasteiger partial charge is 0.433 e. The van der Waals surface area contributed by atoms with Crippen LogP contribution in [0.2, 0.25) is 0 Å². The first kappa shape index (κ1) is 20.2. The number of anilines is 3. The van der Waals surface area contributed by atoms with Crippen LogP contribution >= 0.6 is 0 Å². The fraction of sp³-hybridized carbons (Fsp3) is 0.188. The van der Waals surface area contributed by atoms with Crippen molar-refractivity contribution in [2.75, 3.05) is 17.7 Å². The Balaban J connectivity index is 1.99. The van der Waals surface area contributed by atoms with E-state index in [0.717, 1.165) is 24.4 Å². The molecule has 3 heterocycles. The highest BCUT2D eigenvalue weighted by molar-refractivity contribution is 5.59. The van der Waals surface area contributed by atoms with Crippen LogP contribution in [0.5, 0.6) is 0 Å². The Morgan fingerprint density at radius 3 is 2.14 bits per heavy atom. The van der Waals surface area contributed by atoms with Crippen LogP contribution in [-0.2, 0) is 12.4 Å². The number of aromatic nitrogens is 5. The number of nitrogens with one attached hydrogen (secondary N) is 2. The van der Waals surface area contributed by atoms with Gasteiger partial charge in [-0.3, -0.25) is 4.98 Å². The number of nitrogens with zero attached hydrogens (tertiary/aromatic N) is 5. The van der Waals surface area contributed by atoms with Gasteiger partial charge in [0.25, 0.3) is 0 Å². The molecule has 29 heavy (non-hydrogen) atoms. The lowest BCUT2D eigenvalue weighted by atomic mass is 10.3. The van der Waals surface area contributed by atoms with E-state index in [0.29, 0.717) is 0 Å². The van der Waals surface area contributed by atoms with E-state index >= 15 is 0 Å². The topological polar surface area (TPSA) is 88.5 Å². The highest BCUT2D eigenvalue weighted by Crippen LogP contribution is 2.30. The number of hydrogen-bond acceptors (Lipinski definition) is 7. The Bertz CT molecular complexity index is 1020. The molecule has 0 aromatic carbocycles. The van der Waals surface area contributed by atoms with Crippen molar-refractivity contribution < 1.29 is 26.3 Å². The molecule has 3 aromatic rings. The molecule has 152 valence electrons. The minimum atomic E-state index is -4.67. The van der Waals surface area contributed by atoms with Gasteiger partial charge in [-0.1, -0.05) is 6.07 Å². The quantitative estimate of drug-likeness (QED) is 0.619. The van der Waals surface area contributed by atoms with Gasteiger partial charge in [-0.2, -0.15) is 41.3 Å². The van der Waals surface area contributed by atoms with Crippen molar-refractivity contribution in [3.8, 4) is 11.5 Å². The molecular formula is C16H11F6N7. The van der Waals surface area contributed by atoms with Gasteiger partial charge in [0.2, 0.25) is 11.9 Å². The molecule has 7 nitrogen and oxygen atoms in total. The Labute approximate surface area is 159 Å². The predicted octanol–water partition coefficient (Wildman–Crippen LogP) is 4.15. The molecule has 0 saturated carbocycles. The van der Waals surface area contributed by atoms with Crippen LogP contribution in [0.15, 0.2) is 36.5 Å². The second-order valence-corrected chi connectivity index (χ2v) is 5.51.